The first-order chi connectivity index (χ1) is 13.1. The topological polar surface area (TPSA) is 83.1 Å². The molecule has 0 fully saturated rings. The van der Waals surface area contributed by atoms with Crippen LogP contribution < -0.4 is 16.0 Å². The van der Waals surface area contributed by atoms with E-state index in [9.17, 15) is 9.59 Å². The number of carbonyl (C=O) groups excluding carboxylic acids is 2. The summed E-state index contributed by atoms with van der Waals surface area (Å²) >= 11 is 0. The molecule has 0 unspecified atom stereocenters. The molecule has 0 radical (unpaired) electrons. The highest BCUT2D eigenvalue weighted by atomic mass is 16.2. The molecule has 1 heterocycles. The van der Waals surface area contributed by atoms with Crippen molar-refractivity contribution in [1.82, 2.24) is 10.3 Å². The number of nitrogens with one attached hydrogen (secondary N) is 3. The van der Waals surface area contributed by atoms with E-state index in [1.807, 2.05) is 55.5 Å². The lowest BCUT2D eigenvalue weighted by atomic mass is 10.1. The van der Waals surface area contributed by atoms with E-state index < -0.39 is 0 Å². The van der Waals surface area contributed by atoms with Crippen LogP contribution in [0.15, 0.2) is 54.7 Å². The largest absolute Gasteiger partial charge is 0.355 e. The summed E-state index contributed by atoms with van der Waals surface area (Å²) in [6.07, 6.45) is 2.80. The molecule has 3 rings (SSSR count). The van der Waals surface area contributed by atoms with Gasteiger partial charge in [0.2, 0.25) is 5.91 Å². The SMILES string of the molecule is CCCC(=O)Nc1ccc2ncc(C(=O)NC)c(Nc3ccccc3)c2c1. The third-order valence-corrected chi connectivity index (χ3v) is 4.14. The predicted octanol–water partition coefficient (Wildman–Crippen LogP) is 4.08. The standard InChI is InChI=1S/C21H22N4O2/c1-3-7-19(26)24-15-10-11-18-16(12-15)20(17(13-23-18)21(27)22-2)25-14-8-5-4-6-9-14/h4-6,8-13H,3,7H2,1-2H3,(H,22,27)(H,23,25)(H,24,26). The number of rotatable bonds is 6. The van der Waals surface area contributed by atoms with E-state index in [0.717, 1.165) is 23.0 Å². The van der Waals surface area contributed by atoms with Gasteiger partial charge in [-0.1, -0.05) is 25.1 Å². The van der Waals surface area contributed by atoms with E-state index in [1.54, 1.807) is 13.2 Å². The molecule has 27 heavy (non-hydrogen) atoms. The summed E-state index contributed by atoms with van der Waals surface area (Å²) in [6.45, 7) is 1.96. The smallest absolute Gasteiger partial charge is 0.254 e. The molecule has 0 aliphatic carbocycles. The molecule has 1 aromatic heterocycles. The number of amides is 2. The van der Waals surface area contributed by atoms with Gasteiger partial charge in [-0.2, -0.15) is 0 Å². The molecule has 2 aromatic carbocycles. The molecule has 6 heteroatoms. The van der Waals surface area contributed by atoms with Crippen molar-refractivity contribution in [1.29, 1.82) is 0 Å². The van der Waals surface area contributed by atoms with Crippen LogP contribution in [0.3, 0.4) is 0 Å². The van der Waals surface area contributed by atoms with Gasteiger partial charge in [0.15, 0.2) is 0 Å². The van der Waals surface area contributed by atoms with Crippen molar-refractivity contribution in [3.05, 3.63) is 60.3 Å². The van der Waals surface area contributed by atoms with Gasteiger partial charge in [-0.3, -0.25) is 14.6 Å². The van der Waals surface area contributed by atoms with Crippen LogP contribution in [-0.4, -0.2) is 23.8 Å². The minimum Gasteiger partial charge on any atom is -0.355 e. The molecule has 6 nitrogen and oxygen atoms in total. The Morgan fingerprint density at radius 2 is 1.81 bits per heavy atom. The molecular formula is C21H22N4O2. The zero-order valence-corrected chi connectivity index (χ0v) is 15.4. The Morgan fingerprint density at radius 3 is 2.52 bits per heavy atom. The maximum atomic E-state index is 12.4. The Hall–Kier alpha value is -3.41. The number of aromatic nitrogens is 1. The van der Waals surface area contributed by atoms with E-state index in [4.69, 9.17) is 0 Å². The fourth-order valence-corrected chi connectivity index (χ4v) is 2.83. The molecule has 0 saturated heterocycles. The van der Waals surface area contributed by atoms with Crippen LogP contribution in [0.1, 0.15) is 30.1 Å². The highest BCUT2D eigenvalue weighted by Crippen LogP contribution is 2.31. The molecule has 0 aliphatic rings. The van der Waals surface area contributed by atoms with Gasteiger partial charge < -0.3 is 16.0 Å². The van der Waals surface area contributed by atoms with Gasteiger partial charge in [0.25, 0.3) is 5.91 Å². The number of hydrogen-bond donors (Lipinski definition) is 3. The van der Waals surface area contributed by atoms with Gasteiger partial charge >= 0.3 is 0 Å². The monoisotopic (exact) mass is 362 g/mol. The summed E-state index contributed by atoms with van der Waals surface area (Å²) in [7, 11) is 1.58. The van der Waals surface area contributed by atoms with Crippen LogP contribution in [0, 0.1) is 0 Å². The summed E-state index contributed by atoms with van der Waals surface area (Å²) in [5.74, 6) is -0.270. The summed E-state index contributed by atoms with van der Waals surface area (Å²) in [6, 6.07) is 15.1. The highest BCUT2D eigenvalue weighted by molar-refractivity contribution is 6.09. The molecule has 0 spiro atoms. The van der Waals surface area contributed by atoms with Crippen molar-refractivity contribution in [2.24, 2.45) is 0 Å². The van der Waals surface area contributed by atoms with Crippen molar-refractivity contribution in [2.45, 2.75) is 19.8 Å². The lowest BCUT2D eigenvalue weighted by molar-refractivity contribution is -0.116. The van der Waals surface area contributed by atoms with Gasteiger partial charge in [0, 0.05) is 36.4 Å². The number of carbonyl (C=O) groups is 2. The van der Waals surface area contributed by atoms with E-state index in [2.05, 4.69) is 20.9 Å². The van der Waals surface area contributed by atoms with E-state index in [0.29, 0.717) is 23.4 Å². The van der Waals surface area contributed by atoms with E-state index in [-0.39, 0.29) is 11.8 Å². The molecule has 0 saturated carbocycles. The molecule has 0 atom stereocenters. The van der Waals surface area contributed by atoms with E-state index in [1.165, 1.54) is 0 Å². The van der Waals surface area contributed by atoms with Crippen LogP contribution in [0.2, 0.25) is 0 Å². The van der Waals surface area contributed by atoms with Crippen LogP contribution >= 0.6 is 0 Å². The van der Waals surface area contributed by atoms with Gasteiger partial charge in [-0.25, -0.2) is 0 Å². The average Bonchev–Trinajstić information content (AvgIpc) is 2.68. The van der Waals surface area contributed by atoms with Crippen molar-refractivity contribution >= 4 is 39.8 Å². The first-order valence-electron chi connectivity index (χ1n) is 8.89. The molecular weight excluding hydrogens is 340 g/mol. The van der Waals surface area contributed by atoms with Gasteiger partial charge in [-0.05, 0) is 36.8 Å². The number of pyridine rings is 1. The molecule has 3 aromatic rings. The summed E-state index contributed by atoms with van der Waals surface area (Å²) in [4.78, 5) is 28.7. The van der Waals surface area contributed by atoms with Crippen molar-refractivity contribution < 1.29 is 9.59 Å². The quantitative estimate of drug-likeness (QED) is 0.617. The lowest BCUT2D eigenvalue weighted by Gasteiger charge is -2.15. The zero-order valence-electron chi connectivity index (χ0n) is 15.4. The summed E-state index contributed by atoms with van der Waals surface area (Å²) < 4.78 is 0. The highest BCUT2D eigenvalue weighted by Gasteiger charge is 2.15. The zero-order chi connectivity index (χ0) is 19.2. The summed E-state index contributed by atoms with van der Waals surface area (Å²) in [5.41, 5.74) is 3.35. The number of benzene rings is 2. The summed E-state index contributed by atoms with van der Waals surface area (Å²) in [5, 5.41) is 9.62. The second-order valence-electron chi connectivity index (χ2n) is 6.15. The van der Waals surface area contributed by atoms with Gasteiger partial charge in [-0.15, -0.1) is 0 Å². The maximum Gasteiger partial charge on any atom is 0.254 e. The van der Waals surface area contributed by atoms with Crippen molar-refractivity contribution in [3.8, 4) is 0 Å². The predicted molar refractivity (Wildman–Crippen MR) is 108 cm³/mol. The Kier molecular flexibility index (Phi) is 5.66. The Balaban J connectivity index is 2.10. The van der Waals surface area contributed by atoms with Crippen LogP contribution in [0.4, 0.5) is 17.1 Å². The van der Waals surface area contributed by atoms with Crippen LogP contribution in [-0.2, 0) is 4.79 Å². The minimum atomic E-state index is -0.233. The number of nitrogens with zero attached hydrogens (tertiary/aromatic N) is 1. The van der Waals surface area contributed by atoms with Crippen molar-refractivity contribution in [2.75, 3.05) is 17.7 Å². The normalized spacial score (nSPS) is 10.4. The number of anilines is 3. The minimum absolute atomic E-state index is 0.0372. The third kappa shape index (κ3) is 4.23. The molecule has 0 bridgehead atoms. The van der Waals surface area contributed by atoms with Gasteiger partial charge in [0.05, 0.1) is 16.8 Å². The van der Waals surface area contributed by atoms with Crippen molar-refractivity contribution in [3.63, 3.8) is 0 Å². The maximum absolute atomic E-state index is 12.4. The second-order valence-corrected chi connectivity index (χ2v) is 6.15. The first kappa shape index (κ1) is 18.4. The number of para-hydroxylation sites is 1. The van der Waals surface area contributed by atoms with Gasteiger partial charge in [0.1, 0.15) is 0 Å². The Labute approximate surface area is 158 Å². The fourth-order valence-electron chi connectivity index (χ4n) is 2.83. The van der Waals surface area contributed by atoms with Crippen LogP contribution in [0.5, 0.6) is 0 Å². The second kappa shape index (κ2) is 8.31. The molecule has 3 N–H and O–H groups in total. The Morgan fingerprint density at radius 1 is 1.04 bits per heavy atom. The fraction of sp³-hybridized carbons (Fsp3) is 0.190. The molecule has 0 aliphatic heterocycles. The first-order valence-corrected chi connectivity index (χ1v) is 8.89. The van der Waals surface area contributed by atoms with Crippen LogP contribution in [0.25, 0.3) is 10.9 Å². The Bertz CT molecular complexity index is 971. The average molecular weight is 362 g/mol. The number of fused-ring (bicyclic) bond motifs is 1. The molecule has 138 valence electrons. The molecule has 2 amide bonds. The lowest BCUT2D eigenvalue weighted by Crippen LogP contribution is -2.19. The third-order valence-electron chi connectivity index (χ3n) is 4.14. The number of hydrogen-bond acceptors (Lipinski definition) is 4. The van der Waals surface area contributed by atoms with E-state index >= 15 is 0 Å².